The average molecular weight is 467 g/mol. The largest absolute Gasteiger partial charge is 0.352 e. The van der Waals surface area contributed by atoms with Crippen molar-refractivity contribution in [3.05, 3.63) is 12.2 Å². The summed E-state index contributed by atoms with van der Waals surface area (Å²) in [6.07, 6.45) is 21.7. The van der Waals surface area contributed by atoms with Gasteiger partial charge in [-0.15, -0.1) is 0 Å². The highest BCUT2D eigenvalue weighted by molar-refractivity contribution is 4.90. The van der Waals surface area contributed by atoms with Crippen LogP contribution in [0.15, 0.2) is 12.2 Å². The third-order valence-corrected chi connectivity index (χ3v) is 9.68. The fourth-order valence-electron chi connectivity index (χ4n) is 7.40. The molecule has 0 unspecified atom stereocenters. The van der Waals surface area contributed by atoms with E-state index in [4.69, 9.17) is 9.47 Å². The molecule has 1 saturated heterocycles. The van der Waals surface area contributed by atoms with E-state index in [2.05, 4.69) is 6.92 Å². The lowest BCUT2D eigenvalue weighted by molar-refractivity contribution is -0.223. The van der Waals surface area contributed by atoms with E-state index in [0.29, 0.717) is 19.1 Å². The van der Waals surface area contributed by atoms with E-state index >= 15 is 0 Å². The summed E-state index contributed by atoms with van der Waals surface area (Å²) in [6.45, 7) is 3.16. The van der Waals surface area contributed by atoms with Gasteiger partial charge in [0.25, 0.3) is 6.08 Å². The minimum absolute atomic E-state index is 0.175. The predicted octanol–water partition coefficient (Wildman–Crippen LogP) is 8.76. The van der Waals surface area contributed by atoms with E-state index in [1.807, 2.05) is 0 Å². The van der Waals surface area contributed by atoms with Crippen LogP contribution in [0.5, 0.6) is 0 Å². The molecule has 0 aromatic rings. The van der Waals surface area contributed by atoms with Gasteiger partial charge in [0.05, 0.1) is 13.2 Å². The molecule has 0 radical (unpaired) electrons. The molecular formula is C29H48F2O2. The quantitative estimate of drug-likeness (QED) is 0.333. The highest BCUT2D eigenvalue weighted by Crippen LogP contribution is 2.44. The molecular weight excluding hydrogens is 418 g/mol. The molecule has 0 N–H and O–H groups in total. The molecule has 0 bridgehead atoms. The molecule has 2 nitrogen and oxygen atoms in total. The van der Waals surface area contributed by atoms with E-state index in [1.54, 1.807) is 0 Å². The van der Waals surface area contributed by atoms with Gasteiger partial charge in [-0.05, 0) is 74.2 Å². The number of unbranched alkanes of at least 4 members (excludes halogenated alkanes) is 1. The molecule has 0 atom stereocenters. The summed E-state index contributed by atoms with van der Waals surface area (Å²) in [7, 11) is 0. The Hall–Kier alpha value is -0.480. The van der Waals surface area contributed by atoms with E-state index in [-0.39, 0.29) is 12.2 Å². The molecule has 3 aliphatic carbocycles. The van der Waals surface area contributed by atoms with Crippen molar-refractivity contribution in [2.75, 3.05) is 13.2 Å². The third kappa shape index (κ3) is 8.02. The predicted molar refractivity (Wildman–Crippen MR) is 130 cm³/mol. The van der Waals surface area contributed by atoms with Gasteiger partial charge in [0.1, 0.15) is 0 Å². The van der Waals surface area contributed by atoms with Crippen LogP contribution in [0, 0.1) is 41.4 Å². The lowest BCUT2D eigenvalue weighted by Gasteiger charge is -2.40. The molecule has 0 aromatic carbocycles. The Morgan fingerprint density at radius 3 is 1.64 bits per heavy atom. The van der Waals surface area contributed by atoms with Crippen LogP contribution in [0.2, 0.25) is 0 Å². The summed E-state index contributed by atoms with van der Waals surface area (Å²) in [6, 6.07) is 0. The van der Waals surface area contributed by atoms with Gasteiger partial charge in [-0.2, -0.15) is 8.78 Å². The highest BCUT2D eigenvalue weighted by atomic mass is 19.3. The number of rotatable bonds is 8. The van der Waals surface area contributed by atoms with Crippen LogP contribution in [0.4, 0.5) is 8.78 Å². The standard InChI is InChI=1S/C29H48F2O2/c1-21-6-8-22(9-7-21)4-2-3-5-23-10-12-25(13-11-23)26-14-16-27(17-15-26)29-32-19-24(20-33-29)18-28(30)31/h18,21-27,29H,2-17,19-20H2,1H3. The molecule has 3 saturated carbocycles. The van der Waals surface area contributed by atoms with Gasteiger partial charge in [0.2, 0.25) is 0 Å². The molecule has 190 valence electrons. The van der Waals surface area contributed by atoms with Gasteiger partial charge in [-0.3, -0.25) is 0 Å². The summed E-state index contributed by atoms with van der Waals surface area (Å²) in [5, 5.41) is 0. The average Bonchev–Trinajstić information content (AvgIpc) is 2.84. The SMILES string of the molecule is CC1CCC(CCCCC2CCC(C3CCC(C4OCC(C=C(F)F)CO4)CC3)CC2)CC1. The number of ether oxygens (including phenoxy) is 2. The lowest BCUT2D eigenvalue weighted by Crippen LogP contribution is -2.38. The van der Waals surface area contributed by atoms with E-state index < -0.39 is 6.08 Å². The van der Waals surface area contributed by atoms with Crippen LogP contribution in [-0.4, -0.2) is 19.5 Å². The van der Waals surface area contributed by atoms with Crippen molar-refractivity contribution in [3.8, 4) is 0 Å². The zero-order valence-electron chi connectivity index (χ0n) is 21.0. The third-order valence-electron chi connectivity index (χ3n) is 9.68. The lowest BCUT2D eigenvalue weighted by atomic mass is 9.68. The maximum atomic E-state index is 12.4. The molecule has 0 aromatic heterocycles. The van der Waals surface area contributed by atoms with Crippen LogP contribution in [-0.2, 0) is 9.47 Å². The number of hydrogen-bond acceptors (Lipinski definition) is 2. The Morgan fingerprint density at radius 1 is 0.667 bits per heavy atom. The summed E-state index contributed by atoms with van der Waals surface area (Å²) in [5.41, 5.74) is 0. The molecule has 1 aliphatic heterocycles. The van der Waals surface area contributed by atoms with E-state index in [1.165, 1.54) is 103 Å². The smallest absolute Gasteiger partial charge is 0.266 e. The Bertz CT molecular complexity index is 572. The minimum Gasteiger partial charge on any atom is -0.352 e. The van der Waals surface area contributed by atoms with Crippen molar-refractivity contribution >= 4 is 0 Å². The van der Waals surface area contributed by atoms with E-state index in [9.17, 15) is 8.78 Å². The van der Waals surface area contributed by atoms with Crippen LogP contribution < -0.4 is 0 Å². The molecule has 0 amide bonds. The Morgan fingerprint density at radius 2 is 1.12 bits per heavy atom. The Balaban J connectivity index is 1.06. The first kappa shape index (κ1) is 25.6. The van der Waals surface area contributed by atoms with Crippen molar-refractivity contribution in [3.63, 3.8) is 0 Å². The summed E-state index contributed by atoms with van der Waals surface area (Å²) in [4.78, 5) is 0. The molecule has 4 aliphatic rings. The molecule has 4 fully saturated rings. The van der Waals surface area contributed by atoms with Crippen molar-refractivity contribution in [2.45, 2.75) is 116 Å². The van der Waals surface area contributed by atoms with Gasteiger partial charge in [0, 0.05) is 11.8 Å². The summed E-state index contributed by atoms with van der Waals surface area (Å²) in [5.74, 6) is 4.97. The van der Waals surface area contributed by atoms with Crippen LogP contribution in [0.25, 0.3) is 0 Å². The normalized spacial score (nSPS) is 40.3. The van der Waals surface area contributed by atoms with Crippen LogP contribution in [0.3, 0.4) is 0 Å². The maximum Gasteiger partial charge on any atom is 0.266 e. The molecule has 4 rings (SSSR count). The van der Waals surface area contributed by atoms with Crippen LogP contribution in [0.1, 0.15) is 110 Å². The maximum absolute atomic E-state index is 12.4. The minimum atomic E-state index is -1.63. The molecule has 1 heterocycles. The van der Waals surface area contributed by atoms with Gasteiger partial charge in [-0.25, -0.2) is 0 Å². The van der Waals surface area contributed by atoms with Gasteiger partial charge in [-0.1, -0.05) is 71.1 Å². The Kier molecular flexibility index (Phi) is 10.1. The van der Waals surface area contributed by atoms with Gasteiger partial charge < -0.3 is 9.47 Å². The first-order valence-corrected chi connectivity index (χ1v) is 14.3. The second kappa shape index (κ2) is 13.0. The van der Waals surface area contributed by atoms with Crippen LogP contribution >= 0.6 is 0 Å². The van der Waals surface area contributed by atoms with Crippen molar-refractivity contribution in [2.24, 2.45) is 41.4 Å². The molecule has 0 spiro atoms. The van der Waals surface area contributed by atoms with Crippen molar-refractivity contribution in [1.82, 2.24) is 0 Å². The summed E-state index contributed by atoms with van der Waals surface area (Å²) < 4.78 is 36.5. The second-order valence-corrected chi connectivity index (χ2v) is 12.1. The van der Waals surface area contributed by atoms with Gasteiger partial charge in [0.15, 0.2) is 6.29 Å². The topological polar surface area (TPSA) is 18.5 Å². The summed E-state index contributed by atoms with van der Waals surface area (Å²) >= 11 is 0. The van der Waals surface area contributed by atoms with E-state index in [0.717, 1.165) is 35.7 Å². The molecule has 4 heteroatoms. The van der Waals surface area contributed by atoms with Crippen molar-refractivity contribution < 1.29 is 18.3 Å². The molecule has 33 heavy (non-hydrogen) atoms. The fraction of sp³-hybridized carbons (Fsp3) is 0.931. The zero-order valence-corrected chi connectivity index (χ0v) is 21.0. The second-order valence-electron chi connectivity index (χ2n) is 12.1. The number of hydrogen-bond donors (Lipinski definition) is 0. The zero-order chi connectivity index (χ0) is 23.0. The van der Waals surface area contributed by atoms with Crippen molar-refractivity contribution in [1.29, 1.82) is 0 Å². The first-order chi connectivity index (χ1) is 16.1. The fourth-order valence-corrected chi connectivity index (χ4v) is 7.40. The number of halogens is 2. The highest BCUT2D eigenvalue weighted by Gasteiger charge is 2.35. The first-order valence-electron chi connectivity index (χ1n) is 14.3. The monoisotopic (exact) mass is 466 g/mol. The Labute approximate surface area is 201 Å². The van der Waals surface area contributed by atoms with Gasteiger partial charge >= 0.3 is 0 Å².